The van der Waals surface area contributed by atoms with Crippen molar-refractivity contribution in [3.05, 3.63) is 40.2 Å². The van der Waals surface area contributed by atoms with E-state index in [-0.39, 0.29) is 18.4 Å². The van der Waals surface area contributed by atoms with Crippen molar-refractivity contribution in [2.24, 2.45) is 0 Å². The van der Waals surface area contributed by atoms with Gasteiger partial charge in [0.25, 0.3) is 0 Å². The van der Waals surface area contributed by atoms with Crippen LogP contribution in [0.2, 0.25) is 0 Å². The number of ether oxygens (including phenoxy) is 1. The van der Waals surface area contributed by atoms with Crippen LogP contribution >= 0.6 is 0 Å². The molecule has 0 radical (unpaired) electrons. The lowest BCUT2D eigenvalue weighted by atomic mass is 9.97. The van der Waals surface area contributed by atoms with Gasteiger partial charge in [0, 0.05) is 23.6 Å². The monoisotopic (exact) mass is 486 g/mol. The Labute approximate surface area is 206 Å². The van der Waals surface area contributed by atoms with Crippen molar-refractivity contribution in [1.29, 1.82) is 0 Å². The number of rotatable bonds is 7. The van der Waals surface area contributed by atoms with Crippen LogP contribution in [0.5, 0.6) is 5.75 Å². The Balaban J connectivity index is 1.61. The number of amides is 2. The minimum atomic E-state index is -1.05. The zero-order valence-electron chi connectivity index (χ0n) is 20.6. The fraction of sp³-hybridized carbons (Fsp3) is 0.593. The van der Waals surface area contributed by atoms with Gasteiger partial charge in [-0.1, -0.05) is 57.8 Å². The maximum absolute atomic E-state index is 12.9. The summed E-state index contributed by atoms with van der Waals surface area (Å²) in [7, 11) is 1.51. The summed E-state index contributed by atoms with van der Waals surface area (Å²) < 4.78 is 10.4. The predicted molar refractivity (Wildman–Crippen MR) is 134 cm³/mol. The van der Waals surface area contributed by atoms with Gasteiger partial charge >= 0.3 is 5.63 Å². The van der Waals surface area contributed by atoms with Crippen molar-refractivity contribution in [2.75, 3.05) is 13.7 Å². The van der Waals surface area contributed by atoms with Crippen LogP contribution in [0.3, 0.4) is 0 Å². The largest absolute Gasteiger partial charge is 0.497 e. The van der Waals surface area contributed by atoms with Crippen LogP contribution in [0.4, 0.5) is 0 Å². The Morgan fingerprint density at radius 1 is 1.03 bits per heavy atom. The lowest BCUT2D eigenvalue weighted by molar-refractivity contribution is -0.130. The van der Waals surface area contributed by atoms with Crippen LogP contribution in [-0.4, -0.2) is 42.7 Å². The minimum absolute atomic E-state index is 0.0468. The van der Waals surface area contributed by atoms with Crippen LogP contribution in [-0.2, 0) is 16.0 Å². The molecule has 3 N–H and O–H groups in total. The molecule has 0 spiro atoms. The third-order valence-corrected chi connectivity index (χ3v) is 6.67. The smallest absolute Gasteiger partial charge is 0.336 e. The molecule has 192 valence electrons. The number of fused-ring (bicyclic) bond motifs is 1. The Morgan fingerprint density at radius 3 is 2.26 bits per heavy atom. The van der Waals surface area contributed by atoms with Crippen LogP contribution in [0, 0.1) is 0 Å². The molecule has 35 heavy (non-hydrogen) atoms. The molecule has 8 heteroatoms. The number of methoxy groups -OCH3 is 1. The van der Waals surface area contributed by atoms with Gasteiger partial charge < -0.3 is 24.9 Å². The molecule has 1 aliphatic carbocycles. The molecule has 1 aliphatic rings. The molecule has 1 aromatic carbocycles. The standard InChI is InChI=1S/C27H38N2O6/c1-34-21-13-14-22-19(16-26(32)35-24(22)17-21)15-25(31)29-23(18-30)27(33)28-20-11-9-7-5-3-2-4-6-8-10-12-20/h13-14,16-17,20,23,30H,2-12,15,18H2,1H3,(H,28,33)(H,29,31). The lowest BCUT2D eigenvalue weighted by Gasteiger charge is -2.23. The quantitative estimate of drug-likeness (QED) is 0.515. The van der Waals surface area contributed by atoms with Crippen molar-refractivity contribution in [3.8, 4) is 5.75 Å². The molecule has 8 nitrogen and oxygen atoms in total. The van der Waals surface area contributed by atoms with Gasteiger partial charge in [0.05, 0.1) is 20.1 Å². The van der Waals surface area contributed by atoms with Crippen molar-refractivity contribution in [1.82, 2.24) is 10.6 Å². The summed E-state index contributed by atoms with van der Waals surface area (Å²) in [6, 6.07) is 5.30. The summed E-state index contributed by atoms with van der Waals surface area (Å²) in [5.74, 6) is -0.299. The average molecular weight is 487 g/mol. The van der Waals surface area contributed by atoms with Crippen LogP contribution < -0.4 is 21.0 Å². The molecule has 0 saturated heterocycles. The molecule has 3 rings (SSSR count). The van der Waals surface area contributed by atoms with E-state index < -0.39 is 24.2 Å². The number of benzene rings is 1. The molecule has 0 aliphatic heterocycles. The molecule has 1 fully saturated rings. The third kappa shape index (κ3) is 8.38. The van der Waals surface area contributed by atoms with Gasteiger partial charge in [0.15, 0.2) is 0 Å². The number of aliphatic hydroxyl groups is 1. The van der Waals surface area contributed by atoms with E-state index in [0.29, 0.717) is 22.3 Å². The van der Waals surface area contributed by atoms with Gasteiger partial charge in [-0.2, -0.15) is 0 Å². The second kappa shape index (κ2) is 13.9. The van der Waals surface area contributed by atoms with E-state index >= 15 is 0 Å². The topological polar surface area (TPSA) is 118 Å². The summed E-state index contributed by atoms with van der Waals surface area (Å²) in [6.45, 7) is -0.501. The maximum atomic E-state index is 12.9. The highest BCUT2D eigenvalue weighted by atomic mass is 16.5. The van der Waals surface area contributed by atoms with Gasteiger partial charge in [-0.25, -0.2) is 4.79 Å². The fourth-order valence-electron chi connectivity index (χ4n) is 4.71. The van der Waals surface area contributed by atoms with E-state index in [4.69, 9.17) is 9.15 Å². The van der Waals surface area contributed by atoms with Gasteiger partial charge in [0.2, 0.25) is 11.8 Å². The second-order valence-electron chi connectivity index (χ2n) is 9.40. The number of nitrogens with one attached hydrogen (secondary N) is 2. The van der Waals surface area contributed by atoms with Gasteiger partial charge in [-0.3, -0.25) is 9.59 Å². The number of hydrogen-bond donors (Lipinski definition) is 3. The fourth-order valence-corrected chi connectivity index (χ4v) is 4.71. The molecular weight excluding hydrogens is 448 g/mol. The molecule has 0 bridgehead atoms. The first-order valence-corrected chi connectivity index (χ1v) is 12.8. The number of carbonyl (C=O) groups excluding carboxylic acids is 2. The predicted octanol–water partition coefficient (Wildman–Crippen LogP) is 3.61. The van der Waals surface area contributed by atoms with Crippen molar-refractivity contribution >= 4 is 22.8 Å². The molecule has 1 unspecified atom stereocenters. The summed E-state index contributed by atoms with van der Waals surface area (Å²) >= 11 is 0. The van der Waals surface area contributed by atoms with E-state index in [1.165, 1.54) is 45.3 Å². The Kier molecular flexibility index (Phi) is 10.6. The normalized spacial score (nSPS) is 17.1. The molecule has 1 heterocycles. The number of aliphatic hydroxyl groups excluding tert-OH is 1. The number of hydrogen-bond acceptors (Lipinski definition) is 6. The highest BCUT2D eigenvalue weighted by Gasteiger charge is 2.23. The molecule has 2 amide bonds. The van der Waals surface area contributed by atoms with E-state index in [0.717, 1.165) is 38.5 Å². The van der Waals surface area contributed by atoms with Gasteiger partial charge in [-0.05, 0) is 30.5 Å². The molecule has 1 aromatic heterocycles. The summed E-state index contributed by atoms with van der Waals surface area (Å²) in [5.41, 5.74) is 0.221. The van der Waals surface area contributed by atoms with Crippen LogP contribution in [0.15, 0.2) is 33.5 Å². The third-order valence-electron chi connectivity index (χ3n) is 6.67. The Morgan fingerprint density at radius 2 is 1.66 bits per heavy atom. The first-order valence-electron chi connectivity index (χ1n) is 12.8. The molecule has 1 atom stereocenters. The van der Waals surface area contributed by atoms with Crippen molar-refractivity contribution in [2.45, 2.75) is 89.1 Å². The second-order valence-corrected chi connectivity index (χ2v) is 9.40. The van der Waals surface area contributed by atoms with Gasteiger partial charge in [0.1, 0.15) is 17.4 Å². The number of carbonyl (C=O) groups is 2. The SMILES string of the molecule is COc1ccc2c(CC(=O)NC(CO)C(=O)NC3CCCCCCCCCCC3)cc(=O)oc2c1. The first kappa shape index (κ1) is 26.7. The zero-order valence-corrected chi connectivity index (χ0v) is 20.6. The van der Waals surface area contributed by atoms with Crippen LogP contribution in [0.25, 0.3) is 11.0 Å². The average Bonchev–Trinajstić information content (AvgIpc) is 2.83. The first-order chi connectivity index (χ1) is 17.0. The summed E-state index contributed by atoms with van der Waals surface area (Å²) in [4.78, 5) is 37.6. The van der Waals surface area contributed by atoms with Crippen molar-refractivity contribution < 1.29 is 23.8 Å². The minimum Gasteiger partial charge on any atom is -0.497 e. The van der Waals surface area contributed by atoms with Crippen molar-refractivity contribution in [3.63, 3.8) is 0 Å². The Hall–Kier alpha value is -2.87. The zero-order chi connectivity index (χ0) is 25.0. The highest BCUT2D eigenvalue weighted by molar-refractivity contribution is 5.91. The van der Waals surface area contributed by atoms with Gasteiger partial charge in [-0.15, -0.1) is 0 Å². The van der Waals surface area contributed by atoms with E-state index in [1.54, 1.807) is 18.2 Å². The van der Waals surface area contributed by atoms with E-state index in [1.807, 2.05) is 0 Å². The van der Waals surface area contributed by atoms with E-state index in [2.05, 4.69) is 10.6 Å². The molecular formula is C27H38N2O6. The van der Waals surface area contributed by atoms with E-state index in [9.17, 15) is 19.5 Å². The highest BCUT2D eigenvalue weighted by Crippen LogP contribution is 2.23. The summed E-state index contributed by atoms with van der Waals surface area (Å²) in [6.07, 6.45) is 12.5. The summed E-state index contributed by atoms with van der Waals surface area (Å²) in [5, 5.41) is 16.1. The van der Waals surface area contributed by atoms with Crippen LogP contribution in [0.1, 0.15) is 76.2 Å². The Bertz CT molecular complexity index is 1020. The maximum Gasteiger partial charge on any atom is 0.336 e. The lowest BCUT2D eigenvalue weighted by Crippen LogP contribution is -2.51. The molecule has 2 aromatic rings. The molecule has 1 saturated carbocycles.